The van der Waals surface area contributed by atoms with Crippen molar-refractivity contribution in [3.63, 3.8) is 0 Å². The Morgan fingerprint density at radius 2 is 1.52 bits per heavy atom. The van der Waals surface area contributed by atoms with Gasteiger partial charge in [-0.25, -0.2) is 0 Å². The fraction of sp³-hybridized carbons (Fsp3) is 0.667. The molecule has 0 aromatic carbocycles. The van der Waals surface area contributed by atoms with Gasteiger partial charge in [-0.2, -0.15) is 0 Å². The maximum atomic E-state index is 12.3. The summed E-state index contributed by atoms with van der Waals surface area (Å²) in [6.07, 6.45) is -0.246. The van der Waals surface area contributed by atoms with Gasteiger partial charge < -0.3 is 37.6 Å². The van der Waals surface area contributed by atoms with Crippen LogP contribution in [0.1, 0.15) is 26.7 Å². The molecule has 12 nitrogen and oxygen atoms in total. The molecule has 0 heterocycles. The minimum Gasteiger partial charge on any atom is -0.480 e. The summed E-state index contributed by atoms with van der Waals surface area (Å²) in [6.45, 7) is 2.17. The van der Waals surface area contributed by atoms with Crippen molar-refractivity contribution in [2.24, 2.45) is 17.4 Å². The lowest BCUT2D eigenvalue weighted by Gasteiger charge is -2.23. The minimum absolute atomic E-state index is 0.0166. The van der Waals surface area contributed by atoms with E-state index in [0.29, 0.717) is 0 Å². The van der Waals surface area contributed by atoms with Crippen molar-refractivity contribution in [1.82, 2.24) is 16.0 Å². The molecule has 9 N–H and O–H groups in total. The van der Waals surface area contributed by atoms with E-state index in [-0.39, 0.29) is 12.3 Å². The van der Waals surface area contributed by atoms with Gasteiger partial charge in [0.15, 0.2) is 0 Å². The Morgan fingerprint density at radius 3 is 1.96 bits per heavy atom. The zero-order valence-corrected chi connectivity index (χ0v) is 15.2. The Hall–Kier alpha value is -2.73. The van der Waals surface area contributed by atoms with E-state index in [2.05, 4.69) is 16.0 Å². The van der Waals surface area contributed by atoms with Crippen LogP contribution < -0.4 is 27.4 Å². The van der Waals surface area contributed by atoms with E-state index in [9.17, 15) is 29.1 Å². The smallest absolute Gasteiger partial charge is 0.322 e. The van der Waals surface area contributed by atoms with Crippen molar-refractivity contribution in [2.75, 3.05) is 13.2 Å². The molecule has 0 aliphatic rings. The standard InChI is InChI=1S/C15H27N5O7/c1-7(2)3-9(14(26)18-5-12(23)24)19-15(27)10(6-21)20-13(25)8(16)4-11(17)22/h7-10,21H,3-6,16H2,1-2H3,(H2,17,22)(H,18,26)(H,19,27)(H,20,25)(H,23,24). The first-order valence-corrected chi connectivity index (χ1v) is 8.22. The van der Waals surface area contributed by atoms with E-state index in [4.69, 9.17) is 16.6 Å². The molecule has 0 radical (unpaired) electrons. The maximum Gasteiger partial charge on any atom is 0.322 e. The van der Waals surface area contributed by atoms with Crippen LogP contribution in [0.25, 0.3) is 0 Å². The summed E-state index contributed by atoms with van der Waals surface area (Å²) in [5.41, 5.74) is 10.4. The van der Waals surface area contributed by atoms with E-state index >= 15 is 0 Å². The summed E-state index contributed by atoms with van der Waals surface area (Å²) in [6, 6.07) is -3.78. The summed E-state index contributed by atoms with van der Waals surface area (Å²) >= 11 is 0. The molecule has 0 rings (SSSR count). The van der Waals surface area contributed by atoms with E-state index in [0.717, 1.165) is 0 Å². The fourth-order valence-corrected chi connectivity index (χ4v) is 2.04. The molecule has 0 aromatic heterocycles. The van der Waals surface area contributed by atoms with Gasteiger partial charge in [0, 0.05) is 0 Å². The van der Waals surface area contributed by atoms with Gasteiger partial charge in [0.05, 0.1) is 19.1 Å². The highest BCUT2D eigenvalue weighted by atomic mass is 16.4. The first-order chi connectivity index (χ1) is 12.5. The second-order valence-electron chi connectivity index (χ2n) is 6.32. The highest BCUT2D eigenvalue weighted by Gasteiger charge is 2.28. The van der Waals surface area contributed by atoms with Gasteiger partial charge in [-0.05, 0) is 12.3 Å². The van der Waals surface area contributed by atoms with Crippen LogP contribution in [0.5, 0.6) is 0 Å². The molecular weight excluding hydrogens is 362 g/mol. The number of primary amides is 1. The van der Waals surface area contributed by atoms with Crippen molar-refractivity contribution in [3.05, 3.63) is 0 Å². The van der Waals surface area contributed by atoms with E-state index in [1.54, 1.807) is 13.8 Å². The van der Waals surface area contributed by atoms with Crippen LogP contribution in [0.4, 0.5) is 0 Å². The predicted molar refractivity (Wildman–Crippen MR) is 92.8 cm³/mol. The molecule has 0 aliphatic heterocycles. The van der Waals surface area contributed by atoms with Gasteiger partial charge >= 0.3 is 5.97 Å². The van der Waals surface area contributed by atoms with Crippen molar-refractivity contribution in [2.45, 2.75) is 44.8 Å². The van der Waals surface area contributed by atoms with Crippen LogP contribution >= 0.6 is 0 Å². The van der Waals surface area contributed by atoms with Crippen molar-refractivity contribution in [3.8, 4) is 0 Å². The average molecular weight is 389 g/mol. The van der Waals surface area contributed by atoms with Gasteiger partial charge in [-0.1, -0.05) is 13.8 Å². The number of carbonyl (C=O) groups excluding carboxylic acids is 4. The Labute approximate surface area is 156 Å². The number of nitrogens with one attached hydrogen (secondary N) is 3. The zero-order valence-electron chi connectivity index (χ0n) is 15.2. The molecular formula is C15H27N5O7. The molecule has 154 valence electrons. The highest BCUT2D eigenvalue weighted by Crippen LogP contribution is 2.05. The molecule has 0 saturated heterocycles. The lowest BCUT2D eigenvalue weighted by molar-refractivity contribution is -0.138. The van der Waals surface area contributed by atoms with Gasteiger partial charge in [0.1, 0.15) is 18.6 Å². The molecule has 0 saturated carbocycles. The third kappa shape index (κ3) is 10.1. The molecule has 27 heavy (non-hydrogen) atoms. The third-order valence-electron chi connectivity index (χ3n) is 3.33. The Kier molecular flexibility index (Phi) is 10.6. The van der Waals surface area contributed by atoms with Crippen LogP contribution in [-0.4, -0.2) is 71.1 Å². The number of nitrogens with two attached hydrogens (primary N) is 2. The molecule has 0 spiro atoms. The molecule has 0 bridgehead atoms. The van der Waals surface area contributed by atoms with Crippen LogP contribution in [-0.2, 0) is 24.0 Å². The molecule has 3 unspecified atom stereocenters. The van der Waals surface area contributed by atoms with Gasteiger partial charge in [-0.3, -0.25) is 24.0 Å². The molecule has 0 aromatic rings. The number of amides is 4. The van der Waals surface area contributed by atoms with Crippen molar-refractivity contribution >= 4 is 29.6 Å². The lowest BCUT2D eigenvalue weighted by Crippen LogP contribution is -2.57. The monoisotopic (exact) mass is 389 g/mol. The van der Waals surface area contributed by atoms with Crippen LogP contribution in [0.15, 0.2) is 0 Å². The van der Waals surface area contributed by atoms with Gasteiger partial charge in [0.25, 0.3) is 0 Å². The largest absolute Gasteiger partial charge is 0.480 e. The number of aliphatic hydroxyl groups excluding tert-OH is 1. The maximum absolute atomic E-state index is 12.3. The number of hydrogen-bond donors (Lipinski definition) is 7. The lowest BCUT2D eigenvalue weighted by atomic mass is 10.0. The molecule has 0 fully saturated rings. The number of aliphatic hydroxyl groups is 1. The summed E-state index contributed by atoms with van der Waals surface area (Å²) in [7, 11) is 0. The SMILES string of the molecule is CC(C)CC(NC(=O)C(CO)NC(=O)C(N)CC(N)=O)C(=O)NCC(=O)O. The van der Waals surface area contributed by atoms with Crippen LogP contribution in [0, 0.1) is 5.92 Å². The van der Waals surface area contributed by atoms with Crippen LogP contribution in [0.2, 0.25) is 0 Å². The second kappa shape index (κ2) is 11.8. The third-order valence-corrected chi connectivity index (χ3v) is 3.33. The zero-order chi connectivity index (χ0) is 21.1. The van der Waals surface area contributed by atoms with Crippen molar-refractivity contribution in [1.29, 1.82) is 0 Å². The average Bonchev–Trinajstić information content (AvgIpc) is 2.55. The molecule has 0 aliphatic carbocycles. The van der Waals surface area contributed by atoms with E-state index in [1.165, 1.54) is 0 Å². The quantitative estimate of drug-likeness (QED) is 0.176. The molecule has 3 atom stereocenters. The van der Waals surface area contributed by atoms with E-state index < -0.39 is 67.3 Å². The van der Waals surface area contributed by atoms with Gasteiger partial charge in [0.2, 0.25) is 23.6 Å². The summed E-state index contributed by atoms with van der Waals surface area (Å²) in [4.78, 5) is 57.5. The molecule has 4 amide bonds. The fourth-order valence-electron chi connectivity index (χ4n) is 2.04. The topological polar surface area (TPSA) is 214 Å². The Balaban J connectivity index is 4.98. The van der Waals surface area contributed by atoms with Crippen molar-refractivity contribution < 1.29 is 34.2 Å². The number of carboxylic acid groups (broad SMARTS) is 1. The predicted octanol–water partition coefficient (Wildman–Crippen LogP) is -3.60. The normalized spacial score (nSPS) is 14.0. The first kappa shape index (κ1) is 24.3. The summed E-state index contributed by atoms with van der Waals surface area (Å²) < 4.78 is 0. The second-order valence-corrected chi connectivity index (χ2v) is 6.32. The number of rotatable bonds is 12. The summed E-state index contributed by atoms with van der Waals surface area (Å²) in [5.74, 6) is -4.53. The number of carboxylic acids is 1. The minimum atomic E-state index is -1.42. The number of carbonyl (C=O) groups is 5. The first-order valence-electron chi connectivity index (χ1n) is 8.22. The van der Waals surface area contributed by atoms with E-state index in [1.807, 2.05) is 0 Å². The van der Waals surface area contributed by atoms with Gasteiger partial charge in [-0.15, -0.1) is 0 Å². The summed E-state index contributed by atoms with van der Waals surface area (Å²) in [5, 5.41) is 24.6. The highest BCUT2D eigenvalue weighted by molar-refractivity contribution is 5.94. The number of aliphatic carboxylic acids is 1. The molecule has 12 heteroatoms. The van der Waals surface area contributed by atoms with Crippen LogP contribution in [0.3, 0.4) is 0 Å². The Bertz CT molecular complexity index is 567. The number of hydrogen-bond acceptors (Lipinski definition) is 7. The Morgan fingerprint density at radius 1 is 0.963 bits per heavy atom.